The highest BCUT2D eigenvalue weighted by atomic mass is 16.5. The third-order valence-electron chi connectivity index (χ3n) is 4.84. The lowest BCUT2D eigenvalue weighted by Gasteiger charge is -2.27. The summed E-state index contributed by atoms with van der Waals surface area (Å²) < 4.78 is 5.53. The molecule has 1 aliphatic rings. The third kappa shape index (κ3) is 6.21. The summed E-state index contributed by atoms with van der Waals surface area (Å²) in [5, 5.41) is 16.1. The molecule has 0 radical (unpaired) electrons. The molecule has 0 amide bonds. The molecule has 1 aromatic carbocycles. The van der Waals surface area contributed by atoms with Gasteiger partial charge in [-0.05, 0) is 31.4 Å². The molecule has 1 aliphatic heterocycles. The summed E-state index contributed by atoms with van der Waals surface area (Å²) in [7, 11) is 3.90. The minimum absolute atomic E-state index is 0.0277. The van der Waals surface area contributed by atoms with E-state index in [2.05, 4.69) is 51.8 Å². The Labute approximate surface area is 151 Å². The maximum Gasteiger partial charge on any atom is 0.190 e. The van der Waals surface area contributed by atoms with Gasteiger partial charge in [0.25, 0.3) is 0 Å². The number of nitrogens with one attached hydrogen (secondary N) is 2. The van der Waals surface area contributed by atoms with Crippen LogP contribution < -0.4 is 15.5 Å². The van der Waals surface area contributed by atoms with E-state index in [1.165, 1.54) is 5.69 Å². The molecule has 1 atom stereocenters. The molecule has 25 heavy (non-hydrogen) atoms. The van der Waals surface area contributed by atoms with Gasteiger partial charge in [0, 0.05) is 58.0 Å². The van der Waals surface area contributed by atoms with Crippen LogP contribution in [0.4, 0.5) is 5.69 Å². The number of nitrogens with zero attached hydrogens (tertiary/aromatic N) is 2. The standard InChI is InChI=1S/C19H32N4O2/c1-20-18(22-15-19(9-13-24)10-14-25-16-19)21-11-6-12-23(2)17-7-4-3-5-8-17/h3-5,7-8,24H,6,9-16H2,1-2H3,(H2,20,21,22). The van der Waals surface area contributed by atoms with Gasteiger partial charge in [0.05, 0.1) is 6.61 Å². The van der Waals surface area contributed by atoms with Crippen molar-refractivity contribution in [3.05, 3.63) is 30.3 Å². The van der Waals surface area contributed by atoms with E-state index >= 15 is 0 Å². The fourth-order valence-electron chi connectivity index (χ4n) is 3.14. The molecule has 6 heteroatoms. The van der Waals surface area contributed by atoms with Crippen molar-refractivity contribution in [3.8, 4) is 0 Å². The Morgan fingerprint density at radius 1 is 1.32 bits per heavy atom. The van der Waals surface area contributed by atoms with Crippen LogP contribution in [0.1, 0.15) is 19.3 Å². The van der Waals surface area contributed by atoms with Gasteiger partial charge in [0.2, 0.25) is 0 Å². The first-order valence-electron chi connectivity index (χ1n) is 9.08. The van der Waals surface area contributed by atoms with Crippen LogP contribution in [0.2, 0.25) is 0 Å². The lowest BCUT2D eigenvalue weighted by atomic mass is 9.84. The van der Waals surface area contributed by atoms with Crippen molar-refractivity contribution in [1.82, 2.24) is 10.6 Å². The van der Waals surface area contributed by atoms with Gasteiger partial charge in [-0.1, -0.05) is 18.2 Å². The molecular weight excluding hydrogens is 316 g/mol. The number of para-hydroxylation sites is 1. The second-order valence-corrected chi connectivity index (χ2v) is 6.74. The number of aliphatic hydroxyl groups is 1. The summed E-state index contributed by atoms with van der Waals surface area (Å²) in [6, 6.07) is 10.4. The van der Waals surface area contributed by atoms with Gasteiger partial charge in [-0.3, -0.25) is 4.99 Å². The molecule has 1 heterocycles. The van der Waals surface area contributed by atoms with E-state index < -0.39 is 0 Å². The van der Waals surface area contributed by atoms with Crippen LogP contribution >= 0.6 is 0 Å². The Kier molecular flexibility index (Phi) is 8.01. The van der Waals surface area contributed by atoms with Crippen LogP contribution in [0.5, 0.6) is 0 Å². The molecule has 2 rings (SSSR count). The fraction of sp³-hybridized carbons (Fsp3) is 0.632. The minimum Gasteiger partial charge on any atom is -0.396 e. The van der Waals surface area contributed by atoms with E-state index in [-0.39, 0.29) is 12.0 Å². The van der Waals surface area contributed by atoms with Gasteiger partial charge in [-0.25, -0.2) is 0 Å². The summed E-state index contributed by atoms with van der Waals surface area (Å²) in [5.41, 5.74) is 1.26. The van der Waals surface area contributed by atoms with Gasteiger partial charge < -0.3 is 25.4 Å². The van der Waals surface area contributed by atoms with Crippen LogP contribution in [-0.2, 0) is 4.74 Å². The van der Waals surface area contributed by atoms with Crippen molar-refractivity contribution in [2.45, 2.75) is 19.3 Å². The molecule has 0 bridgehead atoms. The average Bonchev–Trinajstić information content (AvgIpc) is 3.11. The van der Waals surface area contributed by atoms with Gasteiger partial charge in [-0.15, -0.1) is 0 Å². The quantitative estimate of drug-likeness (QED) is 0.358. The number of guanidine groups is 1. The summed E-state index contributed by atoms with van der Waals surface area (Å²) in [6.07, 6.45) is 2.77. The zero-order valence-electron chi connectivity index (χ0n) is 15.5. The van der Waals surface area contributed by atoms with Crippen LogP contribution in [0.15, 0.2) is 35.3 Å². The normalized spacial score (nSPS) is 20.5. The van der Waals surface area contributed by atoms with Crippen molar-refractivity contribution in [2.75, 3.05) is 58.5 Å². The summed E-state index contributed by atoms with van der Waals surface area (Å²) in [4.78, 5) is 6.55. The van der Waals surface area contributed by atoms with E-state index in [0.717, 1.165) is 51.5 Å². The predicted octanol–water partition coefficient (Wildman–Crippen LogP) is 1.47. The van der Waals surface area contributed by atoms with Crippen LogP contribution in [0, 0.1) is 5.41 Å². The first kappa shape index (κ1) is 19.5. The lowest BCUT2D eigenvalue weighted by molar-refractivity contribution is 0.127. The zero-order valence-corrected chi connectivity index (χ0v) is 15.5. The Hall–Kier alpha value is -1.79. The van der Waals surface area contributed by atoms with Gasteiger partial charge in [0.1, 0.15) is 0 Å². The topological polar surface area (TPSA) is 69.1 Å². The smallest absolute Gasteiger partial charge is 0.190 e. The summed E-state index contributed by atoms with van der Waals surface area (Å²) in [6.45, 7) is 4.30. The molecule has 3 N–H and O–H groups in total. The summed E-state index contributed by atoms with van der Waals surface area (Å²) in [5.74, 6) is 0.812. The number of rotatable bonds is 9. The molecule has 1 aromatic rings. The highest BCUT2D eigenvalue weighted by Crippen LogP contribution is 2.31. The first-order valence-corrected chi connectivity index (χ1v) is 9.08. The van der Waals surface area contributed by atoms with Crippen molar-refractivity contribution >= 4 is 11.6 Å². The van der Waals surface area contributed by atoms with Gasteiger partial charge in [-0.2, -0.15) is 0 Å². The number of hydrogen-bond donors (Lipinski definition) is 3. The first-order chi connectivity index (χ1) is 12.2. The molecular formula is C19H32N4O2. The fourth-order valence-corrected chi connectivity index (χ4v) is 3.14. The Morgan fingerprint density at radius 2 is 2.12 bits per heavy atom. The molecule has 1 unspecified atom stereocenters. The molecule has 6 nitrogen and oxygen atoms in total. The lowest BCUT2D eigenvalue weighted by Crippen LogP contribution is -2.45. The maximum atomic E-state index is 9.30. The Balaban J connectivity index is 1.68. The molecule has 0 saturated carbocycles. The molecule has 0 aliphatic carbocycles. The average molecular weight is 348 g/mol. The SMILES string of the molecule is CN=C(NCCCN(C)c1ccccc1)NCC1(CCO)CCOC1. The molecule has 140 valence electrons. The van der Waals surface area contributed by atoms with Crippen LogP contribution in [-0.4, -0.2) is 64.6 Å². The van der Waals surface area contributed by atoms with Crippen molar-refractivity contribution in [3.63, 3.8) is 0 Å². The minimum atomic E-state index is 0.0277. The summed E-state index contributed by atoms with van der Waals surface area (Å²) >= 11 is 0. The number of benzene rings is 1. The Morgan fingerprint density at radius 3 is 2.76 bits per heavy atom. The molecule has 0 aromatic heterocycles. The highest BCUT2D eigenvalue weighted by molar-refractivity contribution is 5.79. The second-order valence-electron chi connectivity index (χ2n) is 6.74. The van der Waals surface area contributed by atoms with Gasteiger partial charge >= 0.3 is 0 Å². The van der Waals surface area contributed by atoms with Crippen LogP contribution in [0.3, 0.4) is 0 Å². The maximum absolute atomic E-state index is 9.30. The Bertz CT molecular complexity index is 515. The van der Waals surface area contributed by atoms with Crippen molar-refractivity contribution in [2.24, 2.45) is 10.4 Å². The van der Waals surface area contributed by atoms with E-state index in [1.807, 2.05) is 6.07 Å². The molecule has 1 saturated heterocycles. The molecule has 0 spiro atoms. The number of ether oxygens (including phenoxy) is 1. The number of anilines is 1. The van der Waals surface area contributed by atoms with Gasteiger partial charge in [0.15, 0.2) is 5.96 Å². The number of aliphatic hydroxyl groups excluding tert-OH is 1. The van der Waals surface area contributed by atoms with Crippen molar-refractivity contribution < 1.29 is 9.84 Å². The predicted molar refractivity (Wildman–Crippen MR) is 103 cm³/mol. The number of aliphatic imine (C=N–C) groups is 1. The third-order valence-corrected chi connectivity index (χ3v) is 4.84. The number of hydrogen-bond acceptors (Lipinski definition) is 4. The van der Waals surface area contributed by atoms with E-state index in [9.17, 15) is 5.11 Å². The molecule has 1 fully saturated rings. The van der Waals surface area contributed by atoms with E-state index in [4.69, 9.17) is 4.74 Å². The van der Waals surface area contributed by atoms with Crippen LogP contribution in [0.25, 0.3) is 0 Å². The monoisotopic (exact) mass is 348 g/mol. The largest absolute Gasteiger partial charge is 0.396 e. The highest BCUT2D eigenvalue weighted by Gasteiger charge is 2.34. The zero-order chi connectivity index (χ0) is 18.0. The van der Waals surface area contributed by atoms with E-state index in [1.54, 1.807) is 7.05 Å². The van der Waals surface area contributed by atoms with Crippen molar-refractivity contribution in [1.29, 1.82) is 0 Å². The second kappa shape index (κ2) is 10.3. The van der Waals surface area contributed by atoms with E-state index in [0.29, 0.717) is 6.61 Å².